The Kier molecular flexibility index (Phi) is 4.67. The molecule has 0 fully saturated rings. The van der Waals surface area contributed by atoms with Crippen molar-refractivity contribution in [2.45, 2.75) is 25.2 Å². The predicted octanol–water partition coefficient (Wildman–Crippen LogP) is 4.62. The van der Waals surface area contributed by atoms with Crippen LogP contribution in [0.3, 0.4) is 0 Å². The Balaban J connectivity index is 1.78. The van der Waals surface area contributed by atoms with Gasteiger partial charge in [-0.1, -0.05) is 43.3 Å². The molecule has 1 heterocycles. The van der Waals surface area contributed by atoms with E-state index in [1.165, 1.54) is 11.4 Å². The molecule has 1 aliphatic heterocycles. The van der Waals surface area contributed by atoms with E-state index in [4.69, 9.17) is 0 Å². The van der Waals surface area contributed by atoms with Gasteiger partial charge in [-0.15, -0.1) is 0 Å². The van der Waals surface area contributed by atoms with Gasteiger partial charge in [-0.3, -0.25) is 9.10 Å². The molecule has 4 rings (SSSR count). The minimum Gasteiger partial charge on any atom is -0.321 e. The highest BCUT2D eigenvalue weighted by Gasteiger charge is 2.32. The summed E-state index contributed by atoms with van der Waals surface area (Å²) in [6.45, 7) is 4.02. The summed E-state index contributed by atoms with van der Waals surface area (Å²) >= 11 is 0. The van der Waals surface area contributed by atoms with Crippen LogP contribution < -0.4 is 9.62 Å². The molecule has 0 aromatic heterocycles. The lowest BCUT2D eigenvalue weighted by Gasteiger charge is -2.29. The fourth-order valence-corrected chi connectivity index (χ4v) is 5.17. The van der Waals surface area contributed by atoms with Crippen molar-refractivity contribution in [3.05, 3.63) is 77.4 Å². The molecule has 148 valence electrons. The zero-order valence-corrected chi connectivity index (χ0v) is 17.4. The van der Waals surface area contributed by atoms with Crippen molar-refractivity contribution in [2.24, 2.45) is 0 Å². The van der Waals surface area contributed by atoms with E-state index in [2.05, 4.69) is 12.2 Å². The Morgan fingerprint density at radius 2 is 1.76 bits per heavy atom. The van der Waals surface area contributed by atoms with Gasteiger partial charge in [0.05, 0.1) is 10.6 Å². The van der Waals surface area contributed by atoms with Crippen LogP contribution in [0.5, 0.6) is 0 Å². The summed E-state index contributed by atoms with van der Waals surface area (Å²) in [6, 6.07) is 18.0. The summed E-state index contributed by atoms with van der Waals surface area (Å²) in [5.74, 6) is -0.217. The molecule has 1 aliphatic rings. The van der Waals surface area contributed by atoms with Crippen LogP contribution in [0.15, 0.2) is 65.6 Å². The zero-order valence-electron chi connectivity index (χ0n) is 16.6. The fraction of sp³-hybridized carbons (Fsp3) is 0.174. The number of carbonyl (C=O) groups is 1. The van der Waals surface area contributed by atoms with Gasteiger partial charge in [0.25, 0.3) is 15.9 Å². The lowest BCUT2D eigenvalue weighted by molar-refractivity contribution is 0.102. The maximum atomic E-state index is 13.0. The van der Waals surface area contributed by atoms with Crippen molar-refractivity contribution in [1.82, 2.24) is 0 Å². The first-order chi connectivity index (χ1) is 13.8. The lowest BCUT2D eigenvalue weighted by atomic mass is 9.99. The Morgan fingerprint density at radius 3 is 2.52 bits per heavy atom. The maximum absolute atomic E-state index is 13.0. The second kappa shape index (κ2) is 7.04. The van der Waals surface area contributed by atoms with Crippen molar-refractivity contribution in [3.8, 4) is 11.1 Å². The summed E-state index contributed by atoms with van der Waals surface area (Å²) < 4.78 is 26.8. The van der Waals surface area contributed by atoms with Gasteiger partial charge >= 0.3 is 0 Å². The second-order valence-corrected chi connectivity index (χ2v) is 9.06. The van der Waals surface area contributed by atoms with E-state index in [-0.39, 0.29) is 10.8 Å². The second-order valence-electron chi connectivity index (χ2n) is 7.12. The summed E-state index contributed by atoms with van der Waals surface area (Å²) in [5.41, 5.74) is 5.30. The molecule has 0 atom stereocenters. The van der Waals surface area contributed by atoms with Crippen molar-refractivity contribution in [2.75, 3.05) is 16.7 Å². The third kappa shape index (κ3) is 3.09. The Labute approximate surface area is 171 Å². The van der Waals surface area contributed by atoms with E-state index >= 15 is 0 Å². The number of sulfonamides is 1. The van der Waals surface area contributed by atoms with Gasteiger partial charge in [-0.2, -0.15) is 0 Å². The van der Waals surface area contributed by atoms with Crippen LogP contribution in [-0.2, 0) is 16.4 Å². The molecular formula is C23H22N2O3S. The largest absolute Gasteiger partial charge is 0.321 e. The van der Waals surface area contributed by atoms with Crippen molar-refractivity contribution in [3.63, 3.8) is 0 Å². The summed E-state index contributed by atoms with van der Waals surface area (Å²) in [7, 11) is -2.07. The van der Waals surface area contributed by atoms with E-state index in [9.17, 15) is 13.2 Å². The zero-order chi connectivity index (χ0) is 20.8. The van der Waals surface area contributed by atoms with Gasteiger partial charge in [0, 0.05) is 29.4 Å². The van der Waals surface area contributed by atoms with Crippen LogP contribution in [-0.4, -0.2) is 21.4 Å². The van der Waals surface area contributed by atoms with Gasteiger partial charge < -0.3 is 5.32 Å². The van der Waals surface area contributed by atoms with E-state index in [1.54, 1.807) is 42.5 Å². The van der Waals surface area contributed by atoms with Crippen molar-refractivity contribution < 1.29 is 13.2 Å². The lowest BCUT2D eigenvalue weighted by Crippen LogP contribution is -2.30. The maximum Gasteiger partial charge on any atom is 0.264 e. The summed E-state index contributed by atoms with van der Waals surface area (Å²) in [6.07, 6.45) is 0.817. The van der Waals surface area contributed by atoms with Gasteiger partial charge in [-0.25, -0.2) is 8.42 Å². The molecule has 0 radical (unpaired) electrons. The number of nitrogens with one attached hydrogen (secondary N) is 1. The third-order valence-corrected chi connectivity index (χ3v) is 7.22. The van der Waals surface area contributed by atoms with Crippen LogP contribution in [0, 0.1) is 6.92 Å². The van der Waals surface area contributed by atoms with Crippen LogP contribution in [0.25, 0.3) is 11.1 Å². The number of rotatable bonds is 3. The normalized spacial score (nSPS) is 14.1. The van der Waals surface area contributed by atoms with E-state index in [0.717, 1.165) is 28.8 Å². The minimum atomic E-state index is -3.60. The molecule has 0 spiro atoms. The molecule has 0 aliphatic carbocycles. The van der Waals surface area contributed by atoms with E-state index in [1.807, 2.05) is 25.1 Å². The van der Waals surface area contributed by atoms with Crippen molar-refractivity contribution in [1.29, 1.82) is 0 Å². The molecule has 1 N–H and O–H groups in total. The molecule has 0 saturated carbocycles. The molecule has 0 unspecified atom stereocenters. The van der Waals surface area contributed by atoms with E-state index < -0.39 is 10.0 Å². The molecule has 0 saturated heterocycles. The van der Waals surface area contributed by atoms with Gasteiger partial charge in [-0.05, 0) is 48.7 Å². The quantitative estimate of drug-likeness (QED) is 0.690. The average molecular weight is 407 g/mol. The Morgan fingerprint density at radius 1 is 1.00 bits per heavy atom. The SMILES string of the molecule is CCc1cccc(C)c1NC(=O)c1ccc2c(c1)-c1ccccc1S(=O)(=O)N2C. The molecule has 0 bridgehead atoms. The average Bonchev–Trinajstić information content (AvgIpc) is 2.73. The minimum absolute atomic E-state index is 0.217. The van der Waals surface area contributed by atoms with Crippen LogP contribution in [0.1, 0.15) is 28.4 Å². The standard InChI is InChI=1S/C23H22N2O3S/c1-4-16-9-7-8-15(2)22(16)24-23(26)17-12-13-20-19(14-17)18-10-5-6-11-21(18)29(27,28)25(20)3/h5-14H,4H2,1-3H3,(H,24,26). The summed E-state index contributed by atoms with van der Waals surface area (Å²) in [4.78, 5) is 13.2. The smallest absolute Gasteiger partial charge is 0.264 e. The Bertz CT molecular complexity index is 1230. The fourth-order valence-electron chi connectivity index (χ4n) is 3.75. The molecule has 3 aromatic rings. The molecular weight excluding hydrogens is 384 g/mol. The third-order valence-electron chi connectivity index (χ3n) is 5.39. The predicted molar refractivity (Wildman–Crippen MR) is 116 cm³/mol. The number of amides is 1. The number of fused-ring (bicyclic) bond motifs is 3. The molecule has 1 amide bonds. The van der Waals surface area contributed by atoms with Gasteiger partial charge in [0.1, 0.15) is 0 Å². The van der Waals surface area contributed by atoms with Crippen LogP contribution in [0.2, 0.25) is 0 Å². The molecule has 29 heavy (non-hydrogen) atoms. The van der Waals surface area contributed by atoms with Gasteiger partial charge in [0.15, 0.2) is 0 Å². The summed E-state index contributed by atoms with van der Waals surface area (Å²) in [5, 5.41) is 3.03. The van der Waals surface area contributed by atoms with Crippen molar-refractivity contribution >= 4 is 27.3 Å². The Hall–Kier alpha value is -3.12. The number of benzene rings is 3. The number of hydrogen-bond donors (Lipinski definition) is 1. The molecule has 6 heteroatoms. The first kappa shape index (κ1) is 19.2. The number of anilines is 2. The molecule has 3 aromatic carbocycles. The van der Waals surface area contributed by atoms with Gasteiger partial charge in [0.2, 0.25) is 0 Å². The topological polar surface area (TPSA) is 66.5 Å². The number of nitrogens with zero attached hydrogens (tertiary/aromatic N) is 1. The highest BCUT2D eigenvalue weighted by atomic mass is 32.2. The number of hydrogen-bond acceptors (Lipinski definition) is 3. The number of para-hydroxylation sites is 1. The first-order valence-corrected chi connectivity index (χ1v) is 10.9. The number of aryl methyl sites for hydroxylation is 2. The van der Waals surface area contributed by atoms with Crippen LogP contribution in [0.4, 0.5) is 11.4 Å². The first-order valence-electron chi connectivity index (χ1n) is 9.47. The molecule has 5 nitrogen and oxygen atoms in total. The monoisotopic (exact) mass is 406 g/mol. The number of carbonyl (C=O) groups excluding carboxylic acids is 1. The van der Waals surface area contributed by atoms with Crippen LogP contribution >= 0.6 is 0 Å². The highest BCUT2D eigenvalue weighted by Crippen LogP contribution is 2.42. The highest BCUT2D eigenvalue weighted by molar-refractivity contribution is 7.93. The van der Waals surface area contributed by atoms with E-state index in [0.29, 0.717) is 16.8 Å².